The first-order chi connectivity index (χ1) is 8.04. The van der Waals surface area contributed by atoms with Crippen LogP contribution in [-0.4, -0.2) is 26.7 Å². The van der Waals surface area contributed by atoms with Crippen molar-refractivity contribution < 1.29 is 8.42 Å². The topological polar surface area (TPSA) is 58.5 Å². The fourth-order valence-corrected chi connectivity index (χ4v) is 3.31. The van der Waals surface area contributed by atoms with E-state index < -0.39 is 10.0 Å². The highest BCUT2D eigenvalue weighted by molar-refractivity contribution is 7.90. The van der Waals surface area contributed by atoms with Crippen molar-refractivity contribution in [3.05, 3.63) is 29.8 Å². The van der Waals surface area contributed by atoms with Crippen LogP contribution < -0.4 is 5.32 Å². The molecule has 92 valence electrons. The van der Waals surface area contributed by atoms with E-state index in [2.05, 4.69) is 9.71 Å². The first-order valence-corrected chi connectivity index (χ1v) is 7.15. The Kier molecular flexibility index (Phi) is 3.31. The van der Waals surface area contributed by atoms with E-state index in [0.717, 1.165) is 12.1 Å². The van der Waals surface area contributed by atoms with Gasteiger partial charge in [0.2, 0.25) is 0 Å². The average Bonchev–Trinajstić information content (AvgIpc) is 2.52. The normalized spacial score (nSPS) is 18.6. The van der Waals surface area contributed by atoms with E-state index >= 15 is 0 Å². The van der Waals surface area contributed by atoms with Crippen molar-refractivity contribution in [3.63, 3.8) is 0 Å². The molecule has 5 heteroatoms. The number of nitrogens with one attached hydrogen (secondary N) is 1. The maximum absolute atomic E-state index is 11.8. The second-order valence-corrected chi connectivity index (χ2v) is 5.74. The molecular weight excluding hydrogens is 236 g/mol. The molecule has 1 heterocycles. The Bertz CT molecular complexity index is 549. The van der Waals surface area contributed by atoms with Crippen molar-refractivity contribution >= 4 is 15.7 Å². The van der Waals surface area contributed by atoms with Gasteiger partial charge in [-0.2, -0.15) is 12.8 Å². The molecular formula is C12H16N2O2S. The molecule has 1 aromatic rings. The molecule has 1 atom stereocenters. The van der Waals surface area contributed by atoms with Crippen LogP contribution in [0.5, 0.6) is 0 Å². The molecule has 1 aliphatic heterocycles. The van der Waals surface area contributed by atoms with Crippen molar-refractivity contribution in [2.45, 2.75) is 31.2 Å². The van der Waals surface area contributed by atoms with Crippen LogP contribution in [0, 0.1) is 0 Å². The molecule has 17 heavy (non-hydrogen) atoms. The minimum atomic E-state index is -3.46. The molecule has 0 aliphatic carbocycles. The number of fused-ring (bicyclic) bond motifs is 1. The van der Waals surface area contributed by atoms with Gasteiger partial charge in [0.05, 0.1) is 10.6 Å². The maximum atomic E-state index is 11.8. The summed E-state index contributed by atoms with van der Waals surface area (Å²) in [5.41, 5.74) is 1.41. The summed E-state index contributed by atoms with van der Waals surface area (Å²) in [6.07, 6.45) is 0.629. The van der Waals surface area contributed by atoms with Gasteiger partial charge in [-0.1, -0.05) is 25.1 Å². The van der Waals surface area contributed by atoms with Crippen LogP contribution in [0.25, 0.3) is 0 Å². The van der Waals surface area contributed by atoms with Crippen molar-refractivity contribution in [3.8, 4) is 0 Å². The van der Waals surface area contributed by atoms with Gasteiger partial charge in [0.15, 0.2) is 0 Å². The lowest BCUT2D eigenvalue weighted by Gasteiger charge is -2.11. The molecule has 0 radical (unpaired) electrons. The van der Waals surface area contributed by atoms with Crippen molar-refractivity contribution in [2.75, 3.05) is 6.54 Å². The Labute approximate surface area is 102 Å². The van der Waals surface area contributed by atoms with Crippen molar-refractivity contribution in [1.82, 2.24) is 5.32 Å². The van der Waals surface area contributed by atoms with E-state index in [1.807, 2.05) is 26.0 Å². The molecule has 0 bridgehead atoms. The van der Waals surface area contributed by atoms with Gasteiger partial charge in [-0.25, -0.2) is 0 Å². The molecule has 0 saturated carbocycles. The Balaban J connectivity index is 2.32. The Morgan fingerprint density at radius 3 is 2.76 bits per heavy atom. The zero-order chi connectivity index (χ0) is 12.5. The van der Waals surface area contributed by atoms with Gasteiger partial charge in [-0.15, -0.1) is 0 Å². The molecule has 0 aromatic heterocycles. The van der Waals surface area contributed by atoms with Gasteiger partial charge in [-0.05, 0) is 19.5 Å². The van der Waals surface area contributed by atoms with Gasteiger partial charge < -0.3 is 5.32 Å². The quantitative estimate of drug-likeness (QED) is 0.884. The van der Waals surface area contributed by atoms with Crippen LogP contribution in [0.3, 0.4) is 0 Å². The lowest BCUT2D eigenvalue weighted by Crippen LogP contribution is -2.28. The molecule has 0 amide bonds. The fourth-order valence-electron chi connectivity index (χ4n) is 2.03. The third kappa shape index (κ3) is 2.40. The van der Waals surface area contributed by atoms with Gasteiger partial charge >= 0.3 is 0 Å². The van der Waals surface area contributed by atoms with Gasteiger partial charge in [-0.3, -0.25) is 0 Å². The minimum absolute atomic E-state index is 0.222. The van der Waals surface area contributed by atoms with Crippen molar-refractivity contribution in [1.29, 1.82) is 0 Å². The summed E-state index contributed by atoms with van der Waals surface area (Å²) in [6, 6.07) is 7.21. The summed E-state index contributed by atoms with van der Waals surface area (Å²) in [5.74, 6) is 0. The molecule has 0 fully saturated rings. The van der Waals surface area contributed by atoms with Crippen LogP contribution in [-0.2, 0) is 10.0 Å². The Morgan fingerprint density at radius 1 is 1.35 bits per heavy atom. The number of benzene rings is 1. The summed E-state index contributed by atoms with van der Waals surface area (Å²) in [5, 5.41) is 3.25. The smallest absolute Gasteiger partial charge is 0.283 e. The zero-order valence-electron chi connectivity index (χ0n) is 9.97. The first-order valence-electron chi connectivity index (χ1n) is 5.71. The fraction of sp³-hybridized carbons (Fsp3) is 0.417. The predicted molar refractivity (Wildman–Crippen MR) is 67.9 cm³/mol. The SMILES string of the molecule is CCNC(C)CC1=NS(=O)(=O)c2ccccc21. The zero-order valence-corrected chi connectivity index (χ0v) is 10.8. The number of hydrogen-bond acceptors (Lipinski definition) is 3. The predicted octanol–water partition coefficient (Wildman–Crippen LogP) is 1.57. The Morgan fingerprint density at radius 2 is 2.06 bits per heavy atom. The first kappa shape index (κ1) is 12.3. The van der Waals surface area contributed by atoms with Gasteiger partial charge in [0.25, 0.3) is 10.0 Å². The second kappa shape index (κ2) is 4.58. The summed E-state index contributed by atoms with van der Waals surface area (Å²) in [6.45, 7) is 4.92. The van der Waals surface area contributed by atoms with E-state index in [0.29, 0.717) is 17.0 Å². The monoisotopic (exact) mass is 252 g/mol. The summed E-state index contributed by atoms with van der Waals surface area (Å²) in [4.78, 5) is 0.332. The molecule has 1 unspecified atom stereocenters. The van der Waals surface area contributed by atoms with Gasteiger partial charge in [0.1, 0.15) is 0 Å². The van der Waals surface area contributed by atoms with Crippen LogP contribution in [0.2, 0.25) is 0 Å². The maximum Gasteiger partial charge on any atom is 0.283 e. The summed E-state index contributed by atoms with van der Waals surface area (Å²) >= 11 is 0. The standard InChI is InChI=1S/C12H16N2O2S/c1-3-13-9(2)8-11-10-6-4-5-7-12(10)17(15,16)14-11/h4-7,9,13H,3,8H2,1-2H3. The lowest BCUT2D eigenvalue weighted by molar-refractivity contribution is 0.585. The minimum Gasteiger partial charge on any atom is -0.314 e. The molecule has 1 aliphatic rings. The van der Waals surface area contributed by atoms with E-state index in [1.165, 1.54) is 0 Å². The largest absolute Gasteiger partial charge is 0.314 e. The highest BCUT2D eigenvalue weighted by atomic mass is 32.2. The van der Waals surface area contributed by atoms with E-state index in [1.54, 1.807) is 12.1 Å². The van der Waals surface area contributed by atoms with Crippen LogP contribution in [0.1, 0.15) is 25.8 Å². The van der Waals surface area contributed by atoms with Crippen LogP contribution in [0.15, 0.2) is 33.6 Å². The van der Waals surface area contributed by atoms with Gasteiger partial charge in [0, 0.05) is 18.0 Å². The molecule has 1 aromatic carbocycles. The molecule has 0 saturated heterocycles. The van der Waals surface area contributed by atoms with E-state index in [-0.39, 0.29) is 6.04 Å². The number of nitrogens with zero attached hydrogens (tertiary/aromatic N) is 1. The average molecular weight is 252 g/mol. The highest BCUT2D eigenvalue weighted by Crippen LogP contribution is 2.27. The highest BCUT2D eigenvalue weighted by Gasteiger charge is 2.28. The lowest BCUT2D eigenvalue weighted by atomic mass is 10.0. The molecule has 1 N–H and O–H groups in total. The summed E-state index contributed by atoms with van der Waals surface area (Å²) < 4.78 is 27.4. The number of rotatable bonds is 4. The number of hydrogen-bond donors (Lipinski definition) is 1. The Hall–Kier alpha value is -1.20. The molecule has 0 spiro atoms. The summed E-state index contributed by atoms with van der Waals surface area (Å²) in [7, 11) is -3.46. The molecule has 4 nitrogen and oxygen atoms in total. The van der Waals surface area contributed by atoms with E-state index in [4.69, 9.17) is 0 Å². The third-order valence-electron chi connectivity index (χ3n) is 2.76. The van der Waals surface area contributed by atoms with Crippen LogP contribution in [0.4, 0.5) is 0 Å². The van der Waals surface area contributed by atoms with Crippen LogP contribution >= 0.6 is 0 Å². The van der Waals surface area contributed by atoms with E-state index in [9.17, 15) is 8.42 Å². The third-order valence-corrected chi connectivity index (χ3v) is 4.13. The second-order valence-electron chi connectivity index (χ2n) is 4.17. The van der Waals surface area contributed by atoms with Crippen molar-refractivity contribution in [2.24, 2.45) is 4.40 Å². The molecule has 2 rings (SSSR count). The number of sulfonamides is 1.